The molecule has 0 aliphatic heterocycles. The van der Waals surface area contributed by atoms with Crippen molar-refractivity contribution >= 4 is 5.97 Å². The zero-order chi connectivity index (χ0) is 19.4. The van der Waals surface area contributed by atoms with E-state index in [-0.39, 0.29) is 17.2 Å². The highest BCUT2D eigenvalue weighted by molar-refractivity contribution is 5.87. The molecule has 0 spiro atoms. The maximum Gasteiger partial charge on any atom is 0.417 e. The minimum absolute atomic E-state index is 0.0473. The molecule has 1 heterocycles. The van der Waals surface area contributed by atoms with E-state index in [1.807, 2.05) is 0 Å². The summed E-state index contributed by atoms with van der Waals surface area (Å²) in [6.07, 6.45) is -4.61. The van der Waals surface area contributed by atoms with E-state index in [4.69, 9.17) is 9.84 Å². The molecule has 1 aromatic heterocycles. The highest BCUT2D eigenvalue weighted by Crippen LogP contribution is 2.34. The van der Waals surface area contributed by atoms with Crippen molar-refractivity contribution in [3.63, 3.8) is 0 Å². The van der Waals surface area contributed by atoms with Gasteiger partial charge >= 0.3 is 12.1 Å². The van der Waals surface area contributed by atoms with E-state index >= 15 is 0 Å². The molecule has 0 unspecified atom stereocenters. The fraction of sp³-hybridized carbons (Fsp3) is 0.0556. The van der Waals surface area contributed by atoms with E-state index in [9.17, 15) is 18.0 Å². The van der Waals surface area contributed by atoms with Crippen LogP contribution in [0.3, 0.4) is 0 Å². The molecule has 0 aliphatic carbocycles. The van der Waals surface area contributed by atoms with Gasteiger partial charge in [0.25, 0.3) is 5.88 Å². The van der Waals surface area contributed by atoms with Crippen LogP contribution in [-0.4, -0.2) is 26.5 Å². The van der Waals surface area contributed by atoms with Gasteiger partial charge in [-0.25, -0.2) is 9.89 Å². The first-order valence-electron chi connectivity index (χ1n) is 7.45. The van der Waals surface area contributed by atoms with Gasteiger partial charge in [-0.2, -0.15) is 13.2 Å². The Morgan fingerprint density at radius 3 is 2.52 bits per heavy atom. The highest BCUT2D eigenvalue weighted by atomic mass is 19.4. The van der Waals surface area contributed by atoms with E-state index in [2.05, 4.69) is 27.3 Å². The van der Waals surface area contributed by atoms with Gasteiger partial charge in [0.2, 0.25) is 5.69 Å². The zero-order valence-electron chi connectivity index (χ0n) is 13.4. The van der Waals surface area contributed by atoms with Crippen molar-refractivity contribution in [1.29, 1.82) is 0 Å². The predicted molar refractivity (Wildman–Crippen MR) is 87.3 cm³/mol. The topological polar surface area (TPSA) is 88.1 Å². The molecule has 3 rings (SSSR count). The van der Waals surface area contributed by atoms with Crippen LogP contribution in [0.4, 0.5) is 13.2 Å². The maximum absolute atomic E-state index is 13.2. The van der Waals surface area contributed by atoms with E-state index in [1.54, 1.807) is 30.3 Å². The number of halogens is 3. The van der Waals surface area contributed by atoms with Crippen LogP contribution in [0.25, 0.3) is 0 Å². The first-order valence-corrected chi connectivity index (χ1v) is 7.45. The number of nitrogens with zero attached hydrogens (tertiary/aromatic N) is 2. The highest BCUT2D eigenvalue weighted by Gasteiger charge is 2.33. The summed E-state index contributed by atoms with van der Waals surface area (Å²) >= 11 is 0. The number of nitrogens with one attached hydrogen (secondary N) is 1. The van der Waals surface area contributed by atoms with Crippen LogP contribution in [0.1, 0.15) is 27.2 Å². The Bertz CT molecular complexity index is 1030. The molecule has 136 valence electrons. The Balaban J connectivity index is 2.00. The number of carboxylic acid groups (broad SMARTS) is 1. The zero-order valence-corrected chi connectivity index (χ0v) is 13.4. The molecule has 2 N–H and O–H groups in total. The number of hydrogen-bond donors (Lipinski definition) is 2. The quantitative estimate of drug-likeness (QED) is 0.684. The van der Waals surface area contributed by atoms with E-state index < -0.39 is 23.4 Å². The van der Waals surface area contributed by atoms with Crippen LogP contribution < -0.4 is 4.74 Å². The Morgan fingerprint density at radius 1 is 1.11 bits per heavy atom. The molecule has 0 atom stereocenters. The van der Waals surface area contributed by atoms with Crippen molar-refractivity contribution < 1.29 is 27.8 Å². The van der Waals surface area contributed by atoms with Gasteiger partial charge in [0.1, 0.15) is 5.75 Å². The third kappa shape index (κ3) is 4.24. The summed E-state index contributed by atoms with van der Waals surface area (Å²) in [6.45, 7) is 0. The number of aromatic nitrogens is 3. The van der Waals surface area contributed by atoms with Gasteiger partial charge < -0.3 is 9.84 Å². The third-order valence-corrected chi connectivity index (χ3v) is 3.35. The number of carbonyl (C=O) groups is 1. The monoisotopic (exact) mass is 373 g/mol. The predicted octanol–water partition coefficient (Wildman–Crippen LogP) is 3.71. The van der Waals surface area contributed by atoms with E-state index in [0.29, 0.717) is 5.56 Å². The molecule has 0 aliphatic rings. The molecule has 0 amide bonds. The van der Waals surface area contributed by atoms with Gasteiger partial charge in [-0.05, 0) is 30.3 Å². The second-order valence-corrected chi connectivity index (χ2v) is 5.22. The number of rotatable bonds is 3. The third-order valence-electron chi connectivity index (χ3n) is 3.35. The van der Waals surface area contributed by atoms with Crippen molar-refractivity contribution in [3.8, 4) is 23.5 Å². The van der Waals surface area contributed by atoms with Gasteiger partial charge in [0.15, 0.2) is 0 Å². The van der Waals surface area contributed by atoms with Crippen molar-refractivity contribution in [3.05, 3.63) is 70.9 Å². The molecule has 0 bridgehead atoms. The largest absolute Gasteiger partial charge is 0.476 e. The number of benzene rings is 2. The molecular weight excluding hydrogens is 363 g/mol. The van der Waals surface area contributed by atoms with Crippen molar-refractivity contribution in [2.75, 3.05) is 0 Å². The molecule has 9 heteroatoms. The van der Waals surface area contributed by atoms with Crippen LogP contribution in [0.15, 0.2) is 48.5 Å². The lowest BCUT2D eigenvalue weighted by atomic mass is 10.1. The molecular formula is C18H10F3N3O3. The normalized spacial score (nSPS) is 10.8. The molecule has 27 heavy (non-hydrogen) atoms. The van der Waals surface area contributed by atoms with E-state index in [1.165, 1.54) is 0 Å². The first-order chi connectivity index (χ1) is 12.8. The van der Waals surface area contributed by atoms with Crippen molar-refractivity contribution in [2.24, 2.45) is 0 Å². The lowest BCUT2D eigenvalue weighted by Crippen LogP contribution is -2.08. The summed E-state index contributed by atoms with van der Waals surface area (Å²) in [5.41, 5.74) is -1.19. The summed E-state index contributed by atoms with van der Waals surface area (Å²) in [5.74, 6) is 3.40. The van der Waals surface area contributed by atoms with Crippen LogP contribution in [0.5, 0.6) is 11.6 Å². The van der Waals surface area contributed by atoms with Gasteiger partial charge in [-0.1, -0.05) is 35.3 Å². The van der Waals surface area contributed by atoms with Crippen LogP contribution >= 0.6 is 0 Å². The number of aromatic carboxylic acids is 1. The molecule has 6 nitrogen and oxygen atoms in total. The van der Waals surface area contributed by atoms with Gasteiger partial charge in [0, 0.05) is 11.1 Å². The van der Waals surface area contributed by atoms with Crippen molar-refractivity contribution in [1.82, 2.24) is 15.4 Å². The number of hydrogen-bond acceptors (Lipinski definition) is 4. The Hall–Kier alpha value is -3.80. The number of alkyl halides is 3. The summed E-state index contributed by atoms with van der Waals surface area (Å²) in [6, 6.07) is 11.5. The number of carboxylic acids is 1. The smallest absolute Gasteiger partial charge is 0.417 e. The Morgan fingerprint density at radius 2 is 1.85 bits per heavy atom. The summed E-state index contributed by atoms with van der Waals surface area (Å²) in [5, 5.41) is 17.8. The number of H-pyrrole nitrogens is 1. The van der Waals surface area contributed by atoms with Gasteiger partial charge in [0.05, 0.1) is 5.56 Å². The molecule has 0 saturated carbocycles. The standard InChI is InChI=1S/C18H10F3N3O3/c19-18(20,21)14-9-8-13(27-16-15(17(25)26)22-24-23-16)10-12(14)7-6-11-4-2-1-3-5-11/h1-5,8-10H,(H,25,26)(H,22,23,24). The molecule has 3 aromatic rings. The van der Waals surface area contributed by atoms with Crippen LogP contribution in [0.2, 0.25) is 0 Å². The summed E-state index contributed by atoms with van der Waals surface area (Å²) < 4.78 is 45.0. The Labute approximate surface area is 150 Å². The average molecular weight is 373 g/mol. The first kappa shape index (κ1) is 18.0. The number of ether oxygens (including phenoxy) is 1. The fourth-order valence-electron chi connectivity index (χ4n) is 2.15. The average Bonchev–Trinajstić information content (AvgIpc) is 3.08. The lowest BCUT2D eigenvalue weighted by molar-refractivity contribution is -0.137. The maximum atomic E-state index is 13.2. The van der Waals surface area contributed by atoms with Crippen LogP contribution in [-0.2, 0) is 6.18 Å². The second kappa shape index (κ2) is 7.21. The SMILES string of the molecule is O=C(O)c1nn[nH]c1Oc1ccc(C(F)(F)F)c(C#Cc2ccccc2)c1. The Kier molecular flexibility index (Phi) is 4.81. The van der Waals surface area contributed by atoms with Crippen LogP contribution in [0, 0.1) is 11.8 Å². The van der Waals surface area contributed by atoms with Gasteiger partial charge in [-0.3, -0.25) is 0 Å². The molecule has 0 fully saturated rings. The number of aromatic amines is 1. The van der Waals surface area contributed by atoms with E-state index in [0.717, 1.165) is 18.2 Å². The van der Waals surface area contributed by atoms with Crippen molar-refractivity contribution in [2.45, 2.75) is 6.18 Å². The summed E-state index contributed by atoms with van der Waals surface area (Å²) in [7, 11) is 0. The minimum atomic E-state index is -4.61. The second-order valence-electron chi connectivity index (χ2n) is 5.22. The molecule has 0 radical (unpaired) electrons. The molecule has 0 saturated heterocycles. The minimum Gasteiger partial charge on any atom is -0.476 e. The summed E-state index contributed by atoms with van der Waals surface area (Å²) in [4.78, 5) is 11.0. The van der Waals surface area contributed by atoms with Gasteiger partial charge in [-0.15, -0.1) is 5.10 Å². The lowest BCUT2D eigenvalue weighted by Gasteiger charge is -2.11. The fourth-order valence-corrected chi connectivity index (χ4v) is 2.15. The molecule has 2 aromatic carbocycles.